The van der Waals surface area contributed by atoms with E-state index in [0.29, 0.717) is 32.6 Å². The average molecular weight is 357 g/mol. The van der Waals surface area contributed by atoms with E-state index in [4.69, 9.17) is 0 Å². The van der Waals surface area contributed by atoms with Crippen LogP contribution in [-0.2, 0) is 22.7 Å². The highest BCUT2D eigenvalue weighted by molar-refractivity contribution is 5.80. The Morgan fingerprint density at radius 3 is 2.77 bits per heavy atom. The quantitative estimate of drug-likeness (QED) is 0.710. The van der Waals surface area contributed by atoms with E-state index in [1.807, 2.05) is 30.0 Å². The van der Waals surface area contributed by atoms with E-state index in [-0.39, 0.29) is 11.8 Å². The van der Waals surface area contributed by atoms with Crippen molar-refractivity contribution in [3.8, 4) is 0 Å². The predicted octanol–water partition coefficient (Wildman–Crippen LogP) is 0.952. The first-order chi connectivity index (χ1) is 12.5. The van der Waals surface area contributed by atoms with Crippen molar-refractivity contribution < 1.29 is 14.7 Å². The molecule has 0 spiro atoms. The zero-order valence-electron chi connectivity index (χ0n) is 14.7. The average Bonchev–Trinajstić information content (AvgIpc) is 3.05. The molecule has 0 saturated carbocycles. The largest absolute Gasteiger partial charge is 0.481 e. The summed E-state index contributed by atoms with van der Waals surface area (Å²) in [6.07, 6.45) is 3.65. The molecule has 1 saturated heterocycles. The molecule has 1 fully saturated rings. The summed E-state index contributed by atoms with van der Waals surface area (Å²) in [6, 6.07) is 5.52. The Bertz CT molecular complexity index is 761. The van der Waals surface area contributed by atoms with Gasteiger partial charge in [-0.1, -0.05) is 6.07 Å². The van der Waals surface area contributed by atoms with Crippen LogP contribution in [-0.4, -0.2) is 49.9 Å². The third-order valence-corrected chi connectivity index (χ3v) is 4.72. The Balaban J connectivity index is 1.64. The van der Waals surface area contributed by atoms with E-state index in [1.165, 1.54) is 0 Å². The molecule has 1 amide bonds. The van der Waals surface area contributed by atoms with Crippen LogP contribution in [0.25, 0.3) is 0 Å². The van der Waals surface area contributed by atoms with Crippen LogP contribution in [0.2, 0.25) is 0 Å². The van der Waals surface area contributed by atoms with E-state index in [1.54, 1.807) is 12.5 Å². The number of nitrogens with one attached hydrogen (secondary N) is 2. The number of aryl methyl sites for hydroxylation is 1. The monoisotopic (exact) mass is 357 g/mol. The normalized spacial score (nSPS) is 20.7. The first kappa shape index (κ1) is 18.1. The Hall–Kier alpha value is -2.74. The van der Waals surface area contributed by atoms with Gasteiger partial charge in [0.2, 0.25) is 5.91 Å². The summed E-state index contributed by atoms with van der Waals surface area (Å²) >= 11 is 0. The number of aromatic amines is 1. The molecule has 26 heavy (non-hydrogen) atoms. The summed E-state index contributed by atoms with van der Waals surface area (Å²) < 4.78 is 0. The molecule has 8 nitrogen and oxygen atoms in total. The molecule has 8 heteroatoms. The highest BCUT2D eigenvalue weighted by Crippen LogP contribution is 2.24. The van der Waals surface area contributed by atoms with Crippen molar-refractivity contribution >= 4 is 11.9 Å². The Kier molecular flexibility index (Phi) is 5.62. The Morgan fingerprint density at radius 1 is 1.31 bits per heavy atom. The third-order valence-electron chi connectivity index (χ3n) is 4.72. The van der Waals surface area contributed by atoms with Gasteiger partial charge in [-0.3, -0.25) is 19.5 Å². The maximum absolute atomic E-state index is 12.6. The van der Waals surface area contributed by atoms with Crippen LogP contribution in [0.3, 0.4) is 0 Å². The SMILES string of the molecule is Cc1[nH]cnc1CN1C[C@H](C(=O)O)C[C@H](C(=O)NCc2ccccn2)C1. The van der Waals surface area contributed by atoms with Crippen LogP contribution in [0.15, 0.2) is 30.7 Å². The molecule has 0 unspecified atom stereocenters. The highest BCUT2D eigenvalue weighted by atomic mass is 16.4. The molecule has 0 bridgehead atoms. The molecule has 138 valence electrons. The fourth-order valence-corrected chi connectivity index (χ4v) is 3.27. The number of nitrogens with zero attached hydrogens (tertiary/aromatic N) is 3. The zero-order chi connectivity index (χ0) is 18.5. The number of hydrogen-bond donors (Lipinski definition) is 3. The first-order valence-electron chi connectivity index (χ1n) is 8.64. The molecule has 3 heterocycles. The van der Waals surface area contributed by atoms with Crippen LogP contribution in [0.1, 0.15) is 23.5 Å². The van der Waals surface area contributed by atoms with Crippen LogP contribution in [0, 0.1) is 18.8 Å². The number of hydrogen-bond acceptors (Lipinski definition) is 5. The van der Waals surface area contributed by atoms with Crippen molar-refractivity contribution in [3.05, 3.63) is 47.8 Å². The number of carboxylic acid groups (broad SMARTS) is 1. The van der Waals surface area contributed by atoms with E-state index >= 15 is 0 Å². The zero-order valence-corrected chi connectivity index (χ0v) is 14.7. The molecule has 2 aromatic heterocycles. The number of carbonyl (C=O) groups is 2. The summed E-state index contributed by atoms with van der Waals surface area (Å²) in [6.45, 7) is 3.74. The lowest BCUT2D eigenvalue weighted by Crippen LogP contribution is -2.47. The number of carbonyl (C=O) groups excluding carboxylic acids is 1. The minimum Gasteiger partial charge on any atom is -0.481 e. The van der Waals surface area contributed by atoms with Gasteiger partial charge in [-0.2, -0.15) is 0 Å². The second-order valence-corrected chi connectivity index (χ2v) is 6.67. The molecule has 3 rings (SSSR count). The second-order valence-electron chi connectivity index (χ2n) is 6.67. The number of H-pyrrole nitrogens is 1. The van der Waals surface area contributed by atoms with E-state index in [2.05, 4.69) is 20.3 Å². The van der Waals surface area contributed by atoms with Crippen LogP contribution >= 0.6 is 0 Å². The smallest absolute Gasteiger partial charge is 0.307 e. The topological polar surface area (TPSA) is 111 Å². The number of piperidine rings is 1. The summed E-state index contributed by atoms with van der Waals surface area (Å²) in [5.74, 6) is -1.93. The van der Waals surface area contributed by atoms with Crippen molar-refractivity contribution in [2.45, 2.75) is 26.4 Å². The van der Waals surface area contributed by atoms with Gasteiger partial charge in [0.15, 0.2) is 0 Å². The van der Waals surface area contributed by atoms with Crippen molar-refractivity contribution in [3.63, 3.8) is 0 Å². The molecule has 1 aliphatic rings. The van der Waals surface area contributed by atoms with Crippen LogP contribution in [0.4, 0.5) is 0 Å². The fraction of sp³-hybridized carbons (Fsp3) is 0.444. The number of carboxylic acids is 1. The Labute approximate surface area is 151 Å². The number of aliphatic carboxylic acids is 1. The number of likely N-dealkylation sites (tertiary alicyclic amines) is 1. The number of imidazole rings is 1. The second kappa shape index (κ2) is 8.09. The van der Waals surface area contributed by atoms with Crippen molar-refractivity contribution in [2.24, 2.45) is 11.8 Å². The summed E-state index contributed by atoms with van der Waals surface area (Å²) in [7, 11) is 0. The standard InChI is InChI=1S/C18H23N5O3/c1-12-16(22-11-21-12)10-23-8-13(6-14(9-23)18(25)26)17(24)20-7-15-4-2-3-5-19-15/h2-5,11,13-14H,6-10H2,1H3,(H,20,24)(H,21,22)(H,25,26)/t13-,14+/m0/s1. The van der Waals surface area contributed by atoms with Crippen molar-refractivity contribution in [2.75, 3.05) is 13.1 Å². The predicted molar refractivity (Wildman–Crippen MR) is 93.9 cm³/mol. The molecule has 0 radical (unpaired) electrons. The fourth-order valence-electron chi connectivity index (χ4n) is 3.27. The van der Waals surface area contributed by atoms with Gasteiger partial charge >= 0.3 is 5.97 Å². The van der Waals surface area contributed by atoms with Gasteiger partial charge < -0.3 is 15.4 Å². The minimum absolute atomic E-state index is 0.134. The number of rotatable bonds is 6. The summed E-state index contributed by atoms with van der Waals surface area (Å²) in [4.78, 5) is 37.6. The summed E-state index contributed by atoms with van der Waals surface area (Å²) in [5.41, 5.74) is 2.61. The molecular weight excluding hydrogens is 334 g/mol. The highest BCUT2D eigenvalue weighted by Gasteiger charge is 2.35. The van der Waals surface area contributed by atoms with E-state index in [9.17, 15) is 14.7 Å². The molecule has 2 aromatic rings. The van der Waals surface area contributed by atoms with Gasteiger partial charge in [0.05, 0.1) is 36.1 Å². The first-order valence-corrected chi connectivity index (χ1v) is 8.64. The van der Waals surface area contributed by atoms with Gasteiger partial charge in [0.1, 0.15) is 0 Å². The van der Waals surface area contributed by atoms with Gasteiger partial charge in [-0.05, 0) is 25.5 Å². The van der Waals surface area contributed by atoms with Gasteiger partial charge in [0, 0.05) is 31.5 Å². The van der Waals surface area contributed by atoms with Gasteiger partial charge in [-0.15, -0.1) is 0 Å². The number of amides is 1. The van der Waals surface area contributed by atoms with Crippen LogP contribution < -0.4 is 5.32 Å². The molecule has 0 aliphatic carbocycles. The molecule has 2 atom stereocenters. The van der Waals surface area contributed by atoms with E-state index < -0.39 is 11.9 Å². The Morgan fingerprint density at radius 2 is 2.12 bits per heavy atom. The lowest BCUT2D eigenvalue weighted by Gasteiger charge is -2.35. The maximum atomic E-state index is 12.6. The van der Waals surface area contributed by atoms with Crippen molar-refractivity contribution in [1.82, 2.24) is 25.2 Å². The summed E-state index contributed by atoms with van der Waals surface area (Å²) in [5, 5.41) is 12.3. The third kappa shape index (κ3) is 4.45. The lowest BCUT2D eigenvalue weighted by molar-refractivity contribution is -0.145. The van der Waals surface area contributed by atoms with Crippen molar-refractivity contribution in [1.29, 1.82) is 0 Å². The molecule has 3 N–H and O–H groups in total. The number of aromatic nitrogens is 3. The maximum Gasteiger partial charge on any atom is 0.307 e. The van der Waals surface area contributed by atoms with Crippen LogP contribution in [0.5, 0.6) is 0 Å². The molecular formula is C18H23N5O3. The minimum atomic E-state index is -0.865. The lowest BCUT2D eigenvalue weighted by atomic mass is 9.88. The van der Waals surface area contributed by atoms with Gasteiger partial charge in [0.25, 0.3) is 0 Å². The molecule has 0 aromatic carbocycles. The van der Waals surface area contributed by atoms with Gasteiger partial charge in [-0.25, -0.2) is 4.98 Å². The number of pyridine rings is 1. The molecule has 1 aliphatic heterocycles. The van der Waals surface area contributed by atoms with E-state index in [0.717, 1.165) is 17.1 Å².